The maximum absolute atomic E-state index is 11.1. The van der Waals surface area contributed by atoms with E-state index >= 15 is 0 Å². The second-order valence-electron chi connectivity index (χ2n) is 4.43. The van der Waals surface area contributed by atoms with E-state index in [1.807, 2.05) is 0 Å². The second-order valence-corrected chi connectivity index (χ2v) is 4.43. The van der Waals surface area contributed by atoms with Gasteiger partial charge in [-0.1, -0.05) is 0 Å². The number of aliphatic hydroxyl groups excluding tert-OH is 3. The van der Waals surface area contributed by atoms with Crippen molar-refractivity contribution in [3.05, 3.63) is 23.9 Å². The molecule has 0 aromatic carbocycles. The van der Waals surface area contributed by atoms with Gasteiger partial charge in [-0.15, -0.1) is 0 Å². The topological polar surface area (TPSA) is 117 Å². The maximum atomic E-state index is 11.1. The molecule has 0 saturated carbocycles. The van der Waals surface area contributed by atoms with Gasteiger partial charge < -0.3 is 25.8 Å². The highest BCUT2D eigenvalue weighted by Gasteiger charge is 2.48. The Bertz CT molecular complexity index is 395. The number of hydrogen-bond acceptors (Lipinski definition) is 5. The van der Waals surface area contributed by atoms with Crippen molar-refractivity contribution in [3.63, 3.8) is 0 Å². The number of carbonyl (C=O) groups is 1. The molecule has 0 aromatic heterocycles. The summed E-state index contributed by atoms with van der Waals surface area (Å²) in [5, 5.41) is 28.5. The van der Waals surface area contributed by atoms with Crippen LogP contribution < -0.4 is 10.6 Å². The van der Waals surface area contributed by atoms with Crippen molar-refractivity contribution in [2.75, 3.05) is 13.2 Å². The van der Waals surface area contributed by atoms with Crippen LogP contribution in [0.2, 0.25) is 0 Å². The predicted octanol–water partition coefficient (Wildman–Crippen LogP) is -3.75. The van der Waals surface area contributed by atoms with Gasteiger partial charge in [-0.05, 0) is 12.2 Å². The number of hydrogen-bond donors (Lipinski definition) is 5. The number of nitrogens with one attached hydrogen (secondary N) is 1. The fourth-order valence-corrected chi connectivity index (χ4v) is 2.20. The van der Waals surface area contributed by atoms with Gasteiger partial charge >= 0.3 is 0 Å². The van der Waals surface area contributed by atoms with E-state index < -0.39 is 30.4 Å². The number of quaternary nitrogens is 1. The van der Waals surface area contributed by atoms with Crippen molar-refractivity contribution < 1.29 is 29.8 Å². The number of amides is 1. The van der Waals surface area contributed by atoms with Crippen molar-refractivity contribution in [1.82, 2.24) is 0 Å². The molecule has 7 nitrogen and oxygen atoms in total. The number of rotatable bonds is 3. The monoisotopic (exact) mass is 257 g/mol. The standard InChI is InChI=1S/C11H16N2O5/c12-10(17)6-2-1-3-13(4-6)11-9(16)8(15)7(5-14)18-11/h1-3,7-9,11,14-16H,4-5H2,(H2,12,17)/p+1. The molecule has 1 fully saturated rings. The molecule has 0 aliphatic carbocycles. The van der Waals surface area contributed by atoms with Gasteiger partial charge in [-0.3, -0.25) is 9.69 Å². The average molecular weight is 257 g/mol. The lowest BCUT2D eigenvalue weighted by Gasteiger charge is -2.25. The molecule has 0 radical (unpaired) electrons. The minimum absolute atomic E-state index is 0.276. The number of ether oxygens (including phenoxy) is 1. The van der Waals surface area contributed by atoms with Crippen molar-refractivity contribution in [2.45, 2.75) is 24.5 Å². The molecular formula is C11H17N2O5+. The minimum atomic E-state index is -1.14. The fourth-order valence-electron chi connectivity index (χ4n) is 2.20. The lowest BCUT2D eigenvalue weighted by molar-refractivity contribution is -0.898. The smallest absolute Gasteiger partial charge is 0.250 e. The number of primary amides is 1. The molecule has 0 aromatic rings. The summed E-state index contributed by atoms with van der Waals surface area (Å²) in [6, 6.07) is 0. The summed E-state index contributed by atoms with van der Waals surface area (Å²) >= 11 is 0. The summed E-state index contributed by atoms with van der Waals surface area (Å²) in [7, 11) is 0. The van der Waals surface area contributed by atoms with E-state index in [1.54, 1.807) is 18.4 Å². The predicted molar refractivity (Wildman–Crippen MR) is 60.0 cm³/mol. The molecule has 5 atom stereocenters. The lowest BCUT2D eigenvalue weighted by Crippen LogP contribution is -3.13. The molecular weight excluding hydrogens is 240 g/mol. The van der Waals surface area contributed by atoms with Crippen LogP contribution >= 0.6 is 0 Å². The van der Waals surface area contributed by atoms with Crippen LogP contribution in [0.5, 0.6) is 0 Å². The van der Waals surface area contributed by atoms with E-state index in [0.717, 1.165) is 0 Å². The second kappa shape index (κ2) is 5.17. The molecule has 2 aliphatic heterocycles. The summed E-state index contributed by atoms with van der Waals surface area (Å²) in [5.74, 6) is -0.524. The van der Waals surface area contributed by atoms with Crippen LogP contribution in [0.3, 0.4) is 0 Å². The highest BCUT2D eigenvalue weighted by Crippen LogP contribution is 2.17. The first-order chi connectivity index (χ1) is 8.54. The summed E-state index contributed by atoms with van der Waals surface area (Å²) in [5.41, 5.74) is 5.62. The Labute approximate surface area is 104 Å². The molecule has 2 aliphatic rings. The van der Waals surface area contributed by atoms with Gasteiger partial charge in [0, 0.05) is 0 Å². The van der Waals surface area contributed by atoms with Crippen molar-refractivity contribution in [3.8, 4) is 0 Å². The van der Waals surface area contributed by atoms with Gasteiger partial charge in [-0.25, -0.2) is 0 Å². The van der Waals surface area contributed by atoms with E-state index in [9.17, 15) is 15.0 Å². The van der Waals surface area contributed by atoms with Gasteiger partial charge in [0.05, 0.1) is 18.4 Å². The molecule has 7 heteroatoms. The highest BCUT2D eigenvalue weighted by atomic mass is 16.6. The highest BCUT2D eigenvalue weighted by molar-refractivity contribution is 5.92. The molecule has 18 heavy (non-hydrogen) atoms. The first-order valence-electron chi connectivity index (χ1n) is 5.69. The molecule has 1 saturated heterocycles. The SMILES string of the molecule is NC(=O)C1=CC=C[NH+](C2OC(CO)C(O)C2O)C1. The number of nitrogens with two attached hydrogens (primary N) is 1. The largest absolute Gasteiger partial charge is 0.394 e. The first-order valence-corrected chi connectivity index (χ1v) is 5.69. The zero-order valence-electron chi connectivity index (χ0n) is 9.69. The third kappa shape index (κ3) is 2.31. The quantitative estimate of drug-likeness (QED) is 0.356. The van der Waals surface area contributed by atoms with Crippen molar-refractivity contribution in [2.24, 2.45) is 5.73 Å². The zero-order valence-corrected chi connectivity index (χ0v) is 9.69. The molecule has 0 spiro atoms. The normalized spacial score (nSPS) is 39.7. The average Bonchev–Trinajstić information content (AvgIpc) is 2.66. The van der Waals surface area contributed by atoms with Gasteiger partial charge in [0.2, 0.25) is 12.1 Å². The summed E-state index contributed by atoms with van der Waals surface area (Å²) < 4.78 is 5.39. The Morgan fingerprint density at radius 1 is 1.50 bits per heavy atom. The Morgan fingerprint density at radius 3 is 2.78 bits per heavy atom. The fraction of sp³-hybridized carbons (Fsp3) is 0.545. The van der Waals surface area contributed by atoms with Crippen molar-refractivity contribution >= 4 is 5.91 Å². The summed E-state index contributed by atoms with van der Waals surface area (Å²) in [4.78, 5) is 11.8. The van der Waals surface area contributed by atoms with E-state index in [0.29, 0.717) is 10.5 Å². The van der Waals surface area contributed by atoms with Crippen molar-refractivity contribution in [1.29, 1.82) is 0 Å². The molecule has 0 bridgehead atoms. The van der Waals surface area contributed by atoms with Crippen LogP contribution in [0.1, 0.15) is 0 Å². The third-order valence-electron chi connectivity index (χ3n) is 3.23. The van der Waals surface area contributed by atoms with Gasteiger partial charge in [-0.2, -0.15) is 0 Å². The van der Waals surface area contributed by atoms with E-state index in [-0.39, 0.29) is 13.2 Å². The van der Waals surface area contributed by atoms with Gasteiger partial charge in [0.1, 0.15) is 18.8 Å². The molecule has 6 N–H and O–H groups in total. The van der Waals surface area contributed by atoms with E-state index in [4.69, 9.17) is 15.6 Å². The lowest BCUT2D eigenvalue weighted by atomic mass is 10.1. The Morgan fingerprint density at radius 2 is 2.22 bits per heavy atom. The Kier molecular flexibility index (Phi) is 3.79. The Hall–Kier alpha value is -1.25. The van der Waals surface area contributed by atoms with Gasteiger partial charge in [0.15, 0.2) is 6.10 Å². The van der Waals surface area contributed by atoms with Crippen LogP contribution in [-0.2, 0) is 9.53 Å². The Balaban J connectivity index is 2.08. The summed E-state index contributed by atoms with van der Waals surface area (Å²) in [6.07, 6.45) is 1.18. The van der Waals surface area contributed by atoms with Crippen LogP contribution in [0.15, 0.2) is 23.9 Å². The molecule has 5 unspecified atom stereocenters. The third-order valence-corrected chi connectivity index (χ3v) is 3.23. The van der Waals surface area contributed by atoms with Crippen LogP contribution in [0.4, 0.5) is 0 Å². The van der Waals surface area contributed by atoms with E-state index in [2.05, 4.69) is 0 Å². The number of allylic oxidation sites excluding steroid dienone is 2. The summed E-state index contributed by atoms with van der Waals surface area (Å²) in [6.45, 7) is -0.0946. The van der Waals surface area contributed by atoms with Crippen LogP contribution in [0.25, 0.3) is 0 Å². The molecule has 1 amide bonds. The molecule has 100 valence electrons. The maximum Gasteiger partial charge on any atom is 0.250 e. The molecule has 2 heterocycles. The molecule has 2 rings (SSSR count). The first kappa shape index (κ1) is 13.2. The van der Waals surface area contributed by atoms with Crippen LogP contribution in [-0.4, -0.2) is 58.9 Å². The van der Waals surface area contributed by atoms with Gasteiger partial charge in [0.25, 0.3) is 0 Å². The minimum Gasteiger partial charge on any atom is -0.394 e. The van der Waals surface area contributed by atoms with E-state index in [1.165, 1.54) is 0 Å². The number of carbonyl (C=O) groups excluding carboxylic acids is 1. The number of aliphatic hydroxyl groups is 3. The zero-order chi connectivity index (χ0) is 13.3. The van der Waals surface area contributed by atoms with Crippen LogP contribution in [0, 0.1) is 0 Å².